The maximum absolute atomic E-state index is 12.7. The molecule has 0 radical (unpaired) electrons. The first-order valence-corrected chi connectivity index (χ1v) is 4.99. The first-order valence-electron chi connectivity index (χ1n) is 4.99. The molecule has 92 valence electrons. The Morgan fingerprint density at radius 1 is 1.00 bits per heavy atom. The number of aromatic nitrogens is 5. The van der Waals surface area contributed by atoms with Crippen LogP contribution in [-0.2, 0) is 6.18 Å². The highest BCUT2D eigenvalue weighted by Crippen LogP contribution is 2.27. The topological polar surface area (TPSA) is 48.0 Å². The molecule has 0 saturated heterocycles. The second-order valence-corrected chi connectivity index (χ2v) is 3.57. The highest BCUT2D eigenvalue weighted by Gasteiger charge is 2.37. The Balaban J connectivity index is 2.22. The maximum atomic E-state index is 12.7. The minimum atomic E-state index is -4.58. The number of nitrogens with zero attached hydrogens (tertiary/aromatic N) is 5. The Morgan fingerprint density at radius 3 is 2.39 bits per heavy atom. The quantitative estimate of drug-likeness (QED) is 0.665. The highest BCUT2D eigenvalue weighted by molar-refractivity contribution is 5.40. The van der Waals surface area contributed by atoms with E-state index in [0.29, 0.717) is 10.3 Å². The molecule has 0 unspecified atom stereocenters. The third-order valence-electron chi connectivity index (χ3n) is 2.37. The van der Waals surface area contributed by atoms with Crippen molar-refractivity contribution >= 4 is 5.65 Å². The van der Waals surface area contributed by atoms with E-state index in [-0.39, 0.29) is 5.65 Å². The lowest BCUT2D eigenvalue weighted by Gasteiger charge is -2.05. The number of halogens is 3. The van der Waals surface area contributed by atoms with Crippen LogP contribution in [0, 0.1) is 0 Å². The van der Waals surface area contributed by atoms with Gasteiger partial charge in [-0.1, -0.05) is 0 Å². The van der Waals surface area contributed by atoms with Crippen LogP contribution >= 0.6 is 0 Å². The first kappa shape index (κ1) is 10.8. The second-order valence-electron chi connectivity index (χ2n) is 3.57. The molecule has 0 saturated carbocycles. The lowest BCUT2D eigenvalue weighted by atomic mass is 10.5. The normalized spacial score (nSPS) is 12.2. The predicted octanol–water partition coefficient (Wildman–Crippen LogP) is 1.93. The second kappa shape index (κ2) is 3.56. The molecule has 5 nitrogen and oxygen atoms in total. The number of rotatable bonds is 1. The largest absolute Gasteiger partial charge is 0.453 e. The standard InChI is InChI=1S/C10H6F3N5/c11-10(12,13)9-15-14-7-3-4-8(16-18(7)9)17-5-1-2-6-17/h1-6H. The summed E-state index contributed by atoms with van der Waals surface area (Å²) < 4.78 is 40.3. The molecular weight excluding hydrogens is 247 g/mol. The molecule has 0 bridgehead atoms. The summed E-state index contributed by atoms with van der Waals surface area (Å²) in [7, 11) is 0. The van der Waals surface area contributed by atoms with Crippen LogP contribution < -0.4 is 0 Å². The molecule has 0 amide bonds. The molecule has 18 heavy (non-hydrogen) atoms. The molecule has 0 aliphatic heterocycles. The van der Waals surface area contributed by atoms with E-state index in [4.69, 9.17) is 0 Å². The van der Waals surface area contributed by atoms with Crippen LogP contribution in [0.15, 0.2) is 36.7 Å². The summed E-state index contributed by atoms with van der Waals surface area (Å²) in [5.74, 6) is -0.774. The van der Waals surface area contributed by atoms with Crippen LogP contribution in [0.4, 0.5) is 13.2 Å². The molecule has 3 rings (SSSR count). The van der Waals surface area contributed by atoms with Gasteiger partial charge >= 0.3 is 6.18 Å². The Hall–Kier alpha value is -2.38. The van der Waals surface area contributed by atoms with Gasteiger partial charge in [0.2, 0.25) is 0 Å². The van der Waals surface area contributed by atoms with Gasteiger partial charge in [-0.15, -0.1) is 15.3 Å². The van der Waals surface area contributed by atoms with Crippen molar-refractivity contribution in [2.24, 2.45) is 0 Å². The minimum Gasteiger partial charge on any atom is -0.307 e. The molecule has 3 aromatic heterocycles. The van der Waals surface area contributed by atoms with Crippen molar-refractivity contribution in [1.29, 1.82) is 0 Å². The predicted molar refractivity (Wildman–Crippen MR) is 55.1 cm³/mol. The van der Waals surface area contributed by atoms with Crippen molar-refractivity contribution in [3.63, 3.8) is 0 Å². The molecule has 0 aromatic carbocycles. The molecule has 0 aliphatic carbocycles. The van der Waals surface area contributed by atoms with E-state index in [1.807, 2.05) is 0 Å². The number of fused-ring (bicyclic) bond motifs is 1. The maximum Gasteiger partial charge on any atom is 0.453 e. The van der Waals surface area contributed by atoms with Crippen molar-refractivity contribution < 1.29 is 13.2 Å². The molecular formula is C10H6F3N5. The van der Waals surface area contributed by atoms with E-state index in [1.54, 1.807) is 35.2 Å². The van der Waals surface area contributed by atoms with E-state index in [9.17, 15) is 13.2 Å². The third kappa shape index (κ3) is 1.62. The molecule has 3 aromatic rings. The first-order chi connectivity index (χ1) is 8.55. The van der Waals surface area contributed by atoms with Crippen molar-refractivity contribution in [3.05, 3.63) is 42.5 Å². The summed E-state index contributed by atoms with van der Waals surface area (Å²) in [6, 6.07) is 6.51. The van der Waals surface area contributed by atoms with Gasteiger partial charge in [-0.2, -0.15) is 17.7 Å². The van der Waals surface area contributed by atoms with Crippen LogP contribution in [-0.4, -0.2) is 24.4 Å². The van der Waals surface area contributed by atoms with Crippen LogP contribution in [0.5, 0.6) is 0 Å². The molecule has 8 heteroatoms. The fourth-order valence-electron chi connectivity index (χ4n) is 1.58. The third-order valence-corrected chi connectivity index (χ3v) is 2.37. The lowest BCUT2D eigenvalue weighted by molar-refractivity contribution is -0.146. The Kier molecular flexibility index (Phi) is 2.12. The van der Waals surface area contributed by atoms with Crippen molar-refractivity contribution in [2.75, 3.05) is 0 Å². The fraction of sp³-hybridized carbons (Fsp3) is 0.100. The smallest absolute Gasteiger partial charge is 0.307 e. The number of hydrogen-bond donors (Lipinski definition) is 0. The molecule has 0 fully saturated rings. The molecule has 0 atom stereocenters. The summed E-state index contributed by atoms with van der Waals surface area (Å²) in [6.45, 7) is 0. The molecule has 0 N–H and O–H groups in total. The zero-order chi connectivity index (χ0) is 12.8. The molecule has 0 aliphatic rings. The average Bonchev–Trinajstić information content (AvgIpc) is 2.96. The van der Waals surface area contributed by atoms with E-state index in [0.717, 1.165) is 0 Å². The Bertz CT molecular complexity index is 683. The summed E-state index contributed by atoms with van der Waals surface area (Å²) >= 11 is 0. The number of alkyl halides is 3. The van der Waals surface area contributed by atoms with Gasteiger partial charge in [-0.25, -0.2) is 0 Å². The average molecular weight is 253 g/mol. The zero-order valence-electron chi connectivity index (χ0n) is 8.83. The van der Waals surface area contributed by atoms with Gasteiger partial charge in [-0.05, 0) is 24.3 Å². The van der Waals surface area contributed by atoms with Crippen LogP contribution in [0.3, 0.4) is 0 Å². The summed E-state index contributed by atoms with van der Waals surface area (Å²) in [4.78, 5) is 0. The van der Waals surface area contributed by atoms with Crippen LogP contribution in [0.1, 0.15) is 5.82 Å². The minimum absolute atomic E-state index is 0.0539. The van der Waals surface area contributed by atoms with E-state index >= 15 is 0 Å². The van der Waals surface area contributed by atoms with Crippen molar-refractivity contribution in [2.45, 2.75) is 6.18 Å². The van der Waals surface area contributed by atoms with Crippen LogP contribution in [0.25, 0.3) is 11.5 Å². The monoisotopic (exact) mass is 253 g/mol. The lowest BCUT2D eigenvalue weighted by Crippen LogP contribution is -2.13. The van der Waals surface area contributed by atoms with Gasteiger partial charge < -0.3 is 4.57 Å². The van der Waals surface area contributed by atoms with Crippen molar-refractivity contribution in [1.82, 2.24) is 24.4 Å². The van der Waals surface area contributed by atoms with Crippen molar-refractivity contribution in [3.8, 4) is 5.82 Å². The van der Waals surface area contributed by atoms with Gasteiger partial charge in [0.25, 0.3) is 5.82 Å². The van der Waals surface area contributed by atoms with Gasteiger partial charge in [0.05, 0.1) is 0 Å². The fourth-order valence-corrected chi connectivity index (χ4v) is 1.58. The molecule has 3 heterocycles. The van der Waals surface area contributed by atoms with E-state index < -0.39 is 12.0 Å². The van der Waals surface area contributed by atoms with Gasteiger partial charge in [0, 0.05) is 12.4 Å². The highest BCUT2D eigenvalue weighted by atomic mass is 19.4. The molecule has 0 spiro atoms. The van der Waals surface area contributed by atoms with Gasteiger partial charge in [0.15, 0.2) is 11.5 Å². The Morgan fingerprint density at radius 2 is 1.72 bits per heavy atom. The zero-order valence-corrected chi connectivity index (χ0v) is 8.83. The van der Waals surface area contributed by atoms with Gasteiger partial charge in [0.1, 0.15) is 0 Å². The number of hydrogen-bond acceptors (Lipinski definition) is 3. The van der Waals surface area contributed by atoms with Crippen LogP contribution in [0.2, 0.25) is 0 Å². The summed E-state index contributed by atoms with van der Waals surface area (Å²) in [6.07, 6.45) is -1.21. The summed E-state index contributed by atoms with van der Waals surface area (Å²) in [5.41, 5.74) is 0.0539. The SMILES string of the molecule is FC(F)(F)c1nnc2ccc(-n3cccc3)nn12. The Labute approximate surface area is 98.5 Å². The summed E-state index contributed by atoms with van der Waals surface area (Å²) in [5, 5.41) is 10.4. The van der Waals surface area contributed by atoms with E-state index in [2.05, 4.69) is 15.3 Å². The van der Waals surface area contributed by atoms with E-state index in [1.165, 1.54) is 6.07 Å². The van der Waals surface area contributed by atoms with Gasteiger partial charge in [-0.3, -0.25) is 0 Å².